The van der Waals surface area contributed by atoms with E-state index in [0.717, 1.165) is 6.07 Å². The Morgan fingerprint density at radius 1 is 1.07 bits per heavy atom. The van der Waals surface area contributed by atoms with Crippen LogP contribution in [0.15, 0.2) is 55.0 Å². The van der Waals surface area contributed by atoms with Gasteiger partial charge in [0, 0.05) is 47.4 Å². The minimum atomic E-state index is -4.77. The predicted octanol–water partition coefficient (Wildman–Crippen LogP) is 5.81. The zero-order valence-electron chi connectivity index (χ0n) is 23.0. The van der Waals surface area contributed by atoms with Crippen molar-refractivity contribution in [3.63, 3.8) is 0 Å². The number of para-hydroxylation sites is 1. The van der Waals surface area contributed by atoms with Gasteiger partial charge in [-0.2, -0.15) is 23.4 Å². The van der Waals surface area contributed by atoms with E-state index in [1.54, 1.807) is 55.2 Å². The molecule has 5 aromatic heterocycles. The molecule has 0 aliphatic rings. The summed E-state index contributed by atoms with van der Waals surface area (Å²) in [4.78, 5) is 34.9. The second kappa shape index (κ2) is 10.3. The Kier molecular flexibility index (Phi) is 6.72. The van der Waals surface area contributed by atoms with Gasteiger partial charge >= 0.3 is 6.18 Å². The molecule has 6 rings (SSSR count). The summed E-state index contributed by atoms with van der Waals surface area (Å²) in [5, 5.41) is 11.9. The molecule has 0 aliphatic carbocycles. The average molecular weight is 605 g/mol. The fourth-order valence-electron chi connectivity index (χ4n) is 4.87. The number of pyridine rings is 2. The minimum absolute atomic E-state index is 0.0294. The quantitative estimate of drug-likeness (QED) is 0.247. The first-order valence-electron chi connectivity index (χ1n) is 13.0. The normalized spacial score (nSPS) is 11.9. The van der Waals surface area contributed by atoms with Gasteiger partial charge in [0.1, 0.15) is 15.4 Å². The van der Waals surface area contributed by atoms with Crippen LogP contribution in [0.5, 0.6) is 0 Å². The van der Waals surface area contributed by atoms with Gasteiger partial charge in [-0.1, -0.05) is 18.2 Å². The van der Waals surface area contributed by atoms with Gasteiger partial charge in [0.25, 0.3) is 11.8 Å². The van der Waals surface area contributed by atoms with Crippen molar-refractivity contribution in [2.24, 2.45) is 12.8 Å². The van der Waals surface area contributed by atoms with E-state index >= 15 is 0 Å². The van der Waals surface area contributed by atoms with Crippen molar-refractivity contribution in [2.75, 3.05) is 5.32 Å². The highest BCUT2D eigenvalue weighted by molar-refractivity contribution is 7.21. The predicted molar refractivity (Wildman–Crippen MR) is 157 cm³/mol. The zero-order valence-corrected chi connectivity index (χ0v) is 23.8. The summed E-state index contributed by atoms with van der Waals surface area (Å²) in [6, 6.07) is 9.56. The Hall–Kier alpha value is -5.11. The summed E-state index contributed by atoms with van der Waals surface area (Å²) >= 11 is 0.679. The highest BCUT2D eigenvalue weighted by Gasteiger charge is 2.35. The number of fused-ring (bicyclic) bond motifs is 2. The topological polar surface area (TPSA) is 134 Å². The summed E-state index contributed by atoms with van der Waals surface area (Å²) in [6.45, 7) is 4.29. The lowest BCUT2D eigenvalue weighted by Crippen LogP contribution is -2.17. The number of halogens is 3. The highest BCUT2D eigenvalue weighted by Crippen LogP contribution is 2.44. The molecule has 6 aromatic rings. The van der Waals surface area contributed by atoms with Crippen LogP contribution in [0.2, 0.25) is 0 Å². The Morgan fingerprint density at radius 2 is 1.84 bits per heavy atom. The number of primary amides is 1. The highest BCUT2D eigenvalue weighted by atomic mass is 32.1. The van der Waals surface area contributed by atoms with Gasteiger partial charge in [0.15, 0.2) is 0 Å². The van der Waals surface area contributed by atoms with Crippen LogP contribution in [0.4, 0.5) is 18.9 Å². The molecule has 0 aliphatic heterocycles. The molecule has 10 nitrogen and oxygen atoms in total. The van der Waals surface area contributed by atoms with Gasteiger partial charge < -0.3 is 11.1 Å². The van der Waals surface area contributed by atoms with Crippen molar-refractivity contribution in [3.05, 3.63) is 76.8 Å². The third-order valence-electron chi connectivity index (χ3n) is 7.15. The molecule has 14 heteroatoms. The van der Waals surface area contributed by atoms with Crippen LogP contribution in [0.3, 0.4) is 0 Å². The smallest absolute Gasteiger partial charge is 0.365 e. The Bertz CT molecular complexity index is 2080. The summed E-state index contributed by atoms with van der Waals surface area (Å²) in [6.07, 6.45) is 0.114. The third kappa shape index (κ3) is 4.88. The largest absolute Gasteiger partial charge is 0.433 e. The molecular weight excluding hydrogens is 581 g/mol. The fourth-order valence-corrected chi connectivity index (χ4v) is 5.88. The van der Waals surface area contributed by atoms with Gasteiger partial charge in [0.2, 0.25) is 0 Å². The molecule has 5 heterocycles. The third-order valence-corrected chi connectivity index (χ3v) is 8.25. The first kappa shape index (κ1) is 28.0. The molecule has 43 heavy (non-hydrogen) atoms. The van der Waals surface area contributed by atoms with E-state index in [1.165, 1.54) is 10.9 Å². The number of nitrogens with zero attached hydrogens (tertiary/aromatic N) is 6. The summed E-state index contributed by atoms with van der Waals surface area (Å²) in [5.74, 6) is -1.54. The summed E-state index contributed by atoms with van der Waals surface area (Å²) < 4.78 is 45.0. The van der Waals surface area contributed by atoms with Crippen molar-refractivity contribution in [3.8, 4) is 22.4 Å². The van der Waals surface area contributed by atoms with E-state index in [4.69, 9.17) is 10.7 Å². The van der Waals surface area contributed by atoms with Crippen LogP contribution in [0.1, 0.15) is 38.3 Å². The molecule has 0 fully saturated rings. The maximum Gasteiger partial charge on any atom is 0.433 e. The number of hydrogen-bond donors (Lipinski definition) is 2. The molecule has 0 saturated carbocycles. The van der Waals surface area contributed by atoms with Crippen LogP contribution in [-0.2, 0) is 19.8 Å². The number of amides is 2. The van der Waals surface area contributed by atoms with Gasteiger partial charge in [-0.3, -0.25) is 19.0 Å². The van der Waals surface area contributed by atoms with Gasteiger partial charge in [-0.05, 0) is 37.6 Å². The molecule has 0 unspecified atom stereocenters. The SMILES string of the molecule is CCn1cc(-c2cc(C(=O)Nc3c(C(N)=O)sc4nc(C(F)(F)F)cc(-c5cnn(C)c5C)c34)c3ccccc3n2)cn1. The number of anilines is 1. The van der Waals surface area contributed by atoms with E-state index in [-0.39, 0.29) is 31.9 Å². The minimum Gasteiger partial charge on any atom is -0.365 e. The average Bonchev–Trinajstić information content (AvgIpc) is 3.69. The lowest BCUT2D eigenvalue weighted by molar-refractivity contribution is -0.140. The van der Waals surface area contributed by atoms with Crippen molar-refractivity contribution in [1.29, 1.82) is 0 Å². The van der Waals surface area contributed by atoms with E-state index in [0.29, 0.717) is 51.3 Å². The molecule has 0 spiro atoms. The van der Waals surface area contributed by atoms with Crippen molar-refractivity contribution >= 4 is 50.0 Å². The number of carbonyl (C=O) groups excluding carboxylic acids is 2. The van der Waals surface area contributed by atoms with Crippen molar-refractivity contribution < 1.29 is 22.8 Å². The van der Waals surface area contributed by atoms with Crippen molar-refractivity contribution in [1.82, 2.24) is 29.5 Å². The van der Waals surface area contributed by atoms with E-state index in [2.05, 4.69) is 20.5 Å². The number of hydrogen-bond acceptors (Lipinski definition) is 7. The summed E-state index contributed by atoms with van der Waals surface area (Å²) in [5.41, 5.74) is 7.53. The number of alkyl halides is 3. The molecular formula is C29H23F3N8O2S. The number of nitrogens with two attached hydrogens (primary N) is 1. The Labute approximate surface area is 246 Å². The van der Waals surface area contributed by atoms with Crippen LogP contribution < -0.4 is 11.1 Å². The lowest BCUT2D eigenvalue weighted by atomic mass is 10.0. The number of thiophene rings is 1. The maximum atomic E-state index is 14.0. The molecule has 0 bridgehead atoms. The van der Waals surface area contributed by atoms with Gasteiger partial charge in [-0.15, -0.1) is 11.3 Å². The molecule has 3 N–H and O–H groups in total. The summed E-state index contributed by atoms with van der Waals surface area (Å²) in [7, 11) is 1.66. The molecule has 0 radical (unpaired) electrons. The molecule has 2 amide bonds. The maximum absolute atomic E-state index is 14.0. The zero-order chi connectivity index (χ0) is 30.6. The molecule has 0 atom stereocenters. The number of carbonyl (C=O) groups is 2. The first-order chi connectivity index (χ1) is 20.5. The number of nitrogens with one attached hydrogen (secondary N) is 1. The number of aromatic nitrogens is 6. The number of aryl methyl sites for hydroxylation is 2. The van der Waals surface area contributed by atoms with Crippen LogP contribution in [-0.4, -0.2) is 41.3 Å². The Balaban J connectivity index is 1.56. The van der Waals surface area contributed by atoms with E-state index in [9.17, 15) is 22.8 Å². The monoisotopic (exact) mass is 604 g/mol. The van der Waals surface area contributed by atoms with E-state index < -0.39 is 23.7 Å². The second-order valence-electron chi connectivity index (χ2n) is 9.78. The van der Waals surface area contributed by atoms with Crippen LogP contribution >= 0.6 is 11.3 Å². The molecule has 1 aromatic carbocycles. The lowest BCUT2D eigenvalue weighted by Gasteiger charge is -2.13. The molecule has 218 valence electrons. The number of benzene rings is 1. The fraction of sp³-hybridized carbons (Fsp3) is 0.172. The van der Waals surface area contributed by atoms with Crippen LogP contribution in [0.25, 0.3) is 43.5 Å². The number of rotatable bonds is 6. The van der Waals surface area contributed by atoms with Crippen LogP contribution in [0, 0.1) is 6.92 Å². The van der Waals surface area contributed by atoms with Crippen molar-refractivity contribution in [2.45, 2.75) is 26.6 Å². The van der Waals surface area contributed by atoms with E-state index in [1.807, 2.05) is 13.1 Å². The Morgan fingerprint density at radius 3 is 2.49 bits per heavy atom. The first-order valence-corrected chi connectivity index (χ1v) is 13.8. The molecule has 0 saturated heterocycles. The second-order valence-corrected chi connectivity index (χ2v) is 10.8. The van der Waals surface area contributed by atoms with Gasteiger partial charge in [-0.25, -0.2) is 9.97 Å². The standard InChI is InChI=1S/C29H23F3N8O2S/c1-4-40-13-15(11-35-40)21-9-18(16-7-5-6-8-20(16)36-21)27(42)38-24-23-17(19-12-34-39(3)14(19)2)10-22(29(30,31)32)37-28(23)43-25(24)26(33)41/h5-13H,4H2,1-3H3,(H2,33,41)(H,38,42). The van der Waals surface area contributed by atoms with Gasteiger partial charge in [0.05, 0.1) is 34.9 Å².